The lowest BCUT2D eigenvalue weighted by atomic mass is 10.1. The quantitative estimate of drug-likeness (QED) is 0.347. The molecule has 7 nitrogen and oxygen atoms in total. The molecule has 0 radical (unpaired) electrons. The first-order chi connectivity index (χ1) is 17.7. The fraction of sp³-hybridized carbons (Fsp3) is 0.259. The van der Waals surface area contributed by atoms with Crippen LogP contribution in [0.25, 0.3) is 0 Å². The maximum atomic E-state index is 13.5. The van der Waals surface area contributed by atoms with Gasteiger partial charge in [-0.1, -0.05) is 36.4 Å². The minimum Gasteiger partial charge on any atom is -0.493 e. The molecule has 1 fully saturated rings. The first-order valence-corrected chi connectivity index (χ1v) is 11.3. The Morgan fingerprint density at radius 3 is 2.41 bits per heavy atom. The number of amides is 1. The third-order valence-electron chi connectivity index (χ3n) is 5.83. The van der Waals surface area contributed by atoms with Crippen LogP contribution in [-0.4, -0.2) is 37.7 Å². The molecule has 10 heteroatoms. The largest absolute Gasteiger partial charge is 0.493 e. The molecule has 0 saturated carbocycles. The topological polar surface area (TPSA) is 74.3 Å². The standard InChI is InChI=1S/C27H24F3NO6/c1-34-22-10-8-17(13-25(32)35-2)12-23(22)36-21-11-9-20(27(28,29)30)14-19(21)15-31-16-24(37-26(31)33)18-6-4-3-5-7-18/h3-12,14,24H,13,15-16H2,1-2H3/t24-/m1/s1. The summed E-state index contributed by atoms with van der Waals surface area (Å²) < 4.78 is 62.0. The van der Waals surface area contributed by atoms with Crippen molar-refractivity contribution < 1.29 is 41.7 Å². The van der Waals surface area contributed by atoms with E-state index < -0.39 is 29.9 Å². The molecule has 37 heavy (non-hydrogen) atoms. The second-order valence-corrected chi connectivity index (χ2v) is 8.32. The van der Waals surface area contributed by atoms with E-state index in [4.69, 9.17) is 18.9 Å². The fourth-order valence-corrected chi connectivity index (χ4v) is 3.93. The first kappa shape index (κ1) is 25.9. The molecule has 194 valence electrons. The van der Waals surface area contributed by atoms with Crippen LogP contribution in [-0.2, 0) is 33.4 Å². The van der Waals surface area contributed by atoms with Crippen molar-refractivity contribution in [1.82, 2.24) is 4.90 Å². The van der Waals surface area contributed by atoms with Gasteiger partial charge < -0.3 is 18.9 Å². The van der Waals surface area contributed by atoms with Gasteiger partial charge in [0.05, 0.1) is 39.3 Å². The van der Waals surface area contributed by atoms with Gasteiger partial charge in [-0.25, -0.2) is 4.79 Å². The number of cyclic esters (lactones) is 1. The van der Waals surface area contributed by atoms with Crippen LogP contribution < -0.4 is 9.47 Å². The lowest BCUT2D eigenvalue weighted by Gasteiger charge is -2.19. The summed E-state index contributed by atoms with van der Waals surface area (Å²) >= 11 is 0. The highest BCUT2D eigenvalue weighted by atomic mass is 19.4. The summed E-state index contributed by atoms with van der Waals surface area (Å²) in [7, 11) is 2.68. The number of methoxy groups -OCH3 is 2. The van der Waals surface area contributed by atoms with E-state index in [1.54, 1.807) is 18.2 Å². The number of benzene rings is 3. The number of hydrogen-bond donors (Lipinski definition) is 0. The lowest BCUT2D eigenvalue weighted by Crippen LogP contribution is -2.24. The summed E-state index contributed by atoms with van der Waals surface area (Å²) in [6.07, 6.45) is -5.81. The Kier molecular flexibility index (Phi) is 7.56. The number of halogens is 3. The van der Waals surface area contributed by atoms with Gasteiger partial charge in [0.1, 0.15) is 11.9 Å². The van der Waals surface area contributed by atoms with Crippen LogP contribution >= 0.6 is 0 Å². The van der Waals surface area contributed by atoms with Gasteiger partial charge in [0.15, 0.2) is 11.5 Å². The van der Waals surface area contributed by atoms with E-state index in [-0.39, 0.29) is 36.6 Å². The van der Waals surface area contributed by atoms with E-state index in [2.05, 4.69) is 0 Å². The zero-order chi connectivity index (χ0) is 26.6. The van der Waals surface area contributed by atoms with Crippen LogP contribution in [0.2, 0.25) is 0 Å². The summed E-state index contributed by atoms with van der Waals surface area (Å²) in [6, 6.07) is 16.9. The van der Waals surface area contributed by atoms with Crippen LogP contribution in [0.5, 0.6) is 17.2 Å². The molecule has 1 heterocycles. The fourth-order valence-electron chi connectivity index (χ4n) is 3.93. The van der Waals surface area contributed by atoms with Gasteiger partial charge >= 0.3 is 18.2 Å². The average molecular weight is 515 g/mol. The summed E-state index contributed by atoms with van der Waals surface area (Å²) in [5, 5.41) is 0. The van der Waals surface area contributed by atoms with Crippen LogP contribution in [0.3, 0.4) is 0 Å². The Balaban J connectivity index is 1.64. The van der Waals surface area contributed by atoms with Crippen molar-refractivity contribution in [1.29, 1.82) is 0 Å². The van der Waals surface area contributed by atoms with Gasteiger partial charge in [-0.15, -0.1) is 0 Å². The molecule has 3 aromatic carbocycles. The number of nitrogens with zero attached hydrogens (tertiary/aromatic N) is 1. The number of hydrogen-bond acceptors (Lipinski definition) is 6. The molecule has 0 bridgehead atoms. The highest BCUT2D eigenvalue weighted by Crippen LogP contribution is 2.38. The molecule has 0 spiro atoms. The summed E-state index contributed by atoms with van der Waals surface area (Å²) in [4.78, 5) is 25.6. The zero-order valence-electron chi connectivity index (χ0n) is 20.1. The van der Waals surface area contributed by atoms with E-state index in [9.17, 15) is 22.8 Å². The maximum absolute atomic E-state index is 13.5. The van der Waals surface area contributed by atoms with Gasteiger partial charge in [-0.3, -0.25) is 9.69 Å². The monoisotopic (exact) mass is 515 g/mol. The molecule has 0 aromatic heterocycles. The molecule has 4 rings (SSSR count). The number of carbonyl (C=O) groups is 2. The van der Waals surface area contributed by atoms with Crippen molar-refractivity contribution >= 4 is 12.1 Å². The number of carbonyl (C=O) groups excluding carboxylic acids is 2. The third-order valence-corrected chi connectivity index (χ3v) is 5.83. The SMILES string of the molecule is COC(=O)Cc1ccc(OC)c(Oc2ccc(C(F)(F)F)cc2CN2C[C@H](c3ccccc3)OC2=O)c1. The number of alkyl halides is 3. The second kappa shape index (κ2) is 10.8. The van der Waals surface area contributed by atoms with Crippen molar-refractivity contribution in [3.05, 3.63) is 89.0 Å². The minimum atomic E-state index is -4.59. The third kappa shape index (κ3) is 6.14. The molecule has 1 atom stereocenters. The predicted molar refractivity (Wildman–Crippen MR) is 126 cm³/mol. The molecule has 1 aliphatic rings. The molecular formula is C27H24F3NO6. The van der Waals surface area contributed by atoms with E-state index in [0.29, 0.717) is 11.3 Å². The Labute approximate surface area is 211 Å². The molecule has 0 unspecified atom stereocenters. The van der Waals surface area contributed by atoms with Crippen molar-refractivity contribution in [3.63, 3.8) is 0 Å². The van der Waals surface area contributed by atoms with Crippen LogP contribution in [0.15, 0.2) is 66.7 Å². The molecule has 1 amide bonds. The molecule has 0 aliphatic carbocycles. The Morgan fingerprint density at radius 2 is 1.73 bits per heavy atom. The van der Waals surface area contributed by atoms with E-state index in [0.717, 1.165) is 17.7 Å². The highest BCUT2D eigenvalue weighted by molar-refractivity contribution is 5.73. The van der Waals surface area contributed by atoms with Crippen molar-refractivity contribution in [3.8, 4) is 17.2 Å². The van der Waals surface area contributed by atoms with Crippen LogP contribution in [0.4, 0.5) is 18.0 Å². The summed E-state index contributed by atoms with van der Waals surface area (Å²) in [5.74, 6) is 0.129. The summed E-state index contributed by atoms with van der Waals surface area (Å²) in [5.41, 5.74) is 0.588. The zero-order valence-corrected chi connectivity index (χ0v) is 20.1. The van der Waals surface area contributed by atoms with E-state index in [1.807, 2.05) is 30.3 Å². The predicted octanol–water partition coefficient (Wildman–Crippen LogP) is 5.92. The van der Waals surface area contributed by atoms with Gasteiger partial charge in [0, 0.05) is 5.56 Å². The smallest absolute Gasteiger partial charge is 0.416 e. The van der Waals surface area contributed by atoms with Crippen LogP contribution in [0.1, 0.15) is 28.4 Å². The Morgan fingerprint density at radius 1 is 1.00 bits per heavy atom. The maximum Gasteiger partial charge on any atom is 0.416 e. The highest BCUT2D eigenvalue weighted by Gasteiger charge is 2.35. The van der Waals surface area contributed by atoms with Crippen molar-refractivity contribution in [2.75, 3.05) is 20.8 Å². The Hall–Kier alpha value is -4.21. The van der Waals surface area contributed by atoms with Crippen molar-refractivity contribution in [2.45, 2.75) is 25.2 Å². The van der Waals surface area contributed by atoms with Crippen molar-refractivity contribution in [2.24, 2.45) is 0 Å². The van der Waals surface area contributed by atoms with E-state index >= 15 is 0 Å². The van der Waals surface area contributed by atoms with Gasteiger partial charge in [0.25, 0.3) is 0 Å². The normalized spacial score (nSPS) is 15.3. The molecule has 3 aromatic rings. The molecule has 1 saturated heterocycles. The number of rotatable bonds is 8. The van der Waals surface area contributed by atoms with Gasteiger partial charge in [-0.2, -0.15) is 13.2 Å². The summed E-state index contributed by atoms with van der Waals surface area (Å²) in [6.45, 7) is -0.0119. The minimum absolute atomic E-state index is 0.0305. The number of ether oxygens (including phenoxy) is 4. The van der Waals surface area contributed by atoms with Gasteiger partial charge in [-0.05, 0) is 41.5 Å². The molecule has 0 N–H and O–H groups in total. The number of esters is 1. The van der Waals surface area contributed by atoms with Crippen LogP contribution in [0, 0.1) is 0 Å². The van der Waals surface area contributed by atoms with E-state index in [1.165, 1.54) is 25.2 Å². The Bertz CT molecular complexity index is 1280. The molecule has 1 aliphatic heterocycles. The molecular weight excluding hydrogens is 491 g/mol. The second-order valence-electron chi connectivity index (χ2n) is 8.32. The first-order valence-electron chi connectivity index (χ1n) is 11.3. The lowest BCUT2D eigenvalue weighted by molar-refractivity contribution is -0.140. The van der Waals surface area contributed by atoms with Gasteiger partial charge in [0.2, 0.25) is 0 Å². The average Bonchev–Trinajstić information content (AvgIpc) is 3.25.